The summed E-state index contributed by atoms with van der Waals surface area (Å²) in [4.78, 5) is 31.4. The summed E-state index contributed by atoms with van der Waals surface area (Å²) in [5.41, 5.74) is 10.8. The molecule has 1 aliphatic heterocycles. The van der Waals surface area contributed by atoms with Crippen LogP contribution in [0.2, 0.25) is 0 Å². The fourth-order valence-electron chi connectivity index (χ4n) is 4.77. The highest BCUT2D eigenvalue weighted by atomic mass is 16.5. The first-order valence-electron chi connectivity index (χ1n) is 13.4. The number of carbonyl (C=O) groups is 2. The van der Waals surface area contributed by atoms with Crippen molar-refractivity contribution < 1.29 is 19.4 Å². The van der Waals surface area contributed by atoms with E-state index in [9.17, 15) is 9.59 Å². The van der Waals surface area contributed by atoms with Crippen molar-refractivity contribution in [3.63, 3.8) is 0 Å². The van der Waals surface area contributed by atoms with Gasteiger partial charge < -0.3 is 20.5 Å². The first-order chi connectivity index (χ1) is 18.4. The molecule has 2 aromatic carbocycles. The van der Waals surface area contributed by atoms with Gasteiger partial charge in [-0.25, -0.2) is 0 Å². The Morgan fingerprint density at radius 3 is 2.24 bits per heavy atom. The monoisotopic (exact) mass is 521 g/mol. The van der Waals surface area contributed by atoms with Crippen molar-refractivity contribution in [1.29, 1.82) is 0 Å². The lowest BCUT2D eigenvalue weighted by Gasteiger charge is -2.33. The number of ether oxygens (including phenoxy) is 1. The van der Waals surface area contributed by atoms with Crippen molar-refractivity contribution in [2.45, 2.75) is 59.3 Å². The molecule has 0 bridgehead atoms. The van der Waals surface area contributed by atoms with E-state index in [1.54, 1.807) is 19.1 Å². The van der Waals surface area contributed by atoms with Crippen LogP contribution in [-0.2, 0) is 12.8 Å². The number of aliphatic hydroxyl groups is 1. The third kappa shape index (κ3) is 6.77. The van der Waals surface area contributed by atoms with Gasteiger partial charge in [-0.15, -0.1) is 5.10 Å². The number of aromatic amines is 1. The number of nitrogens with two attached hydrogens (primary N) is 1. The molecule has 0 unspecified atom stereocenters. The molecule has 1 saturated heterocycles. The topological polar surface area (TPSA) is 134 Å². The molecule has 1 aliphatic rings. The highest BCUT2D eigenvalue weighted by Gasteiger charge is 2.27. The number of hydrogen-bond acceptors (Lipinski definition) is 6. The second-order valence-electron chi connectivity index (χ2n) is 9.14. The van der Waals surface area contributed by atoms with Crippen LogP contribution in [-0.4, -0.2) is 63.3 Å². The third-order valence-electron chi connectivity index (χ3n) is 6.76. The van der Waals surface area contributed by atoms with Crippen molar-refractivity contribution in [3.8, 4) is 17.4 Å². The number of hydrogen-bond donors (Lipinski definition) is 3. The van der Waals surface area contributed by atoms with E-state index in [4.69, 9.17) is 15.6 Å². The molecular weight excluding hydrogens is 482 g/mol. The molecule has 2 heterocycles. The van der Waals surface area contributed by atoms with Crippen LogP contribution in [0.4, 0.5) is 0 Å². The van der Waals surface area contributed by atoms with Crippen LogP contribution in [0.15, 0.2) is 36.4 Å². The first-order valence-corrected chi connectivity index (χ1v) is 13.4. The molecule has 0 aliphatic carbocycles. The number of piperidine rings is 1. The van der Waals surface area contributed by atoms with Gasteiger partial charge in [-0.2, -0.15) is 4.98 Å². The molecule has 0 saturated carbocycles. The number of aliphatic hydroxyl groups excluding tert-OH is 1. The fourth-order valence-corrected chi connectivity index (χ4v) is 4.77. The lowest BCUT2D eigenvalue weighted by Crippen LogP contribution is -2.38. The van der Waals surface area contributed by atoms with E-state index in [-0.39, 0.29) is 12.5 Å². The number of nitrogens with zero attached hydrogens (tertiary/aromatic N) is 3. The number of amides is 2. The van der Waals surface area contributed by atoms with Crippen LogP contribution in [0.25, 0.3) is 11.4 Å². The zero-order chi connectivity index (χ0) is 27.7. The van der Waals surface area contributed by atoms with Gasteiger partial charge in [0.05, 0.1) is 6.61 Å². The number of nitrogens with one attached hydrogen (secondary N) is 1. The van der Waals surface area contributed by atoms with E-state index in [0.717, 1.165) is 47.9 Å². The normalized spacial score (nSPS) is 13.6. The Balaban J connectivity index is 0.00000127. The Bertz CT molecular complexity index is 1210. The average molecular weight is 522 g/mol. The largest absolute Gasteiger partial charge is 0.463 e. The standard InChI is InChI=1S/C27H33N5O3.C2H6O/c1-4-17-15-18(5-2)23(16-22(17)25-29-27(31-30-25)35-6-3)26(34)32-13-11-20(12-14-32)19-7-9-21(10-8-19)24(28)33;1-2-3/h7-10,15-16,20H,4-6,11-14H2,1-3H3,(H2,28,33)(H,29,30,31);3H,2H2,1H3. The SMILES string of the molecule is CCO.CCOc1n[nH]c(-c2cc(C(=O)N3CCC(c4ccc(C(N)=O)cc4)CC3)c(CC)cc2CC)n1. The average Bonchev–Trinajstić information content (AvgIpc) is 3.41. The molecule has 9 nitrogen and oxygen atoms in total. The van der Waals surface area contributed by atoms with Crippen LogP contribution in [0.5, 0.6) is 6.01 Å². The van der Waals surface area contributed by atoms with E-state index in [1.165, 1.54) is 5.56 Å². The Hall–Kier alpha value is -3.72. The maximum atomic E-state index is 13.6. The molecule has 0 spiro atoms. The van der Waals surface area contributed by atoms with Crippen LogP contribution in [0, 0.1) is 0 Å². The molecule has 0 radical (unpaired) electrons. The summed E-state index contributed by atoms with van der Waals surface area (Å²) < 4.78 is 5.41. The molecule has 9 heteroatoms. The molecule has 4 N–H and O–H groups in total. The second-order valence-corrected chi connectivity index (χ2v) is 9.14. The van der Waals surface area contributed by atoms with Gasteiger partial charge in [0.15, 0.2) is 5.82 Å². The predicted molar refractivity (Wildman–Crippen MR) is 147 cm³/mol. The van der Waals surface area contributed by atoms with E-state index < -0.39 is 5.91 Å². The lowest BCUT2D eigenvalue weighted by molar-refractivity contribution is 0.0711. The van der Waals surface area contributed by atoms with E-state index in [1.807, 2.05) is 30.0 Å². The van der Waals surface area contributed by atoms with Crippen molar-refractivity contribution in [2.75, 3.05) is 26.3 Å². The van der Waals surface area contributed by atoms with E-state index in [0.29, 0.717) is 43.0 Å². The molecule has 0 atom stereocenters. The summed E-state index contributed by atoms with van der Waals surface area (Å²) in [5, 5.41) is 14.7. The van der Waals surface area contributed by atoms with Gasteiger partial charge in [-0.05, 0) is 80.3 Å². The maximum Gasteiger partial charge on any atom is 0.335 e. The molecule has 3 aromatic rings. The third-order valence-corrected chi connectivity index (χ3v) is 6.76. The van der Waals surface area contributed by atoms with Gasteiger partial charge in [0.2, 0.25) is 5.91 Å². The molecule has 38 heavy (non-hydrogen) atoms. The van der Waals surface area contributed by atoms with Crippen molar-refractivity contribution in [2.24, 2.45) is 5.73 Å². The number of carbonyl (C=O) groups excluding carboxylic acids is 2. The van der Waals surface area contributed by atoms with Crippen molar-refractivity contribution >= 4 is 11.8 Å². The van der Waals surface area contributed by atoms with Gasteiger partial charge in [0, 0.05) is 36.4 Å². The van der Waals surface area contributed by atoms with Gasteiger partial charge >= 0.3 is 6.01 Å². The molecule has 1 fully saturated rings. The number of primary amides is 1. The Kier molecular flexibility index (Phi) is 10.4. The Morgan fingerprint density at radius 2 is 1.68 bits per heavy atom. The van der Waals surface area contributed by atoms with Gasteiger partial charge in [-0.3, -0.25) is 14.7 Å². The quantitative estimate of drug-likeness (QED) is 0.408. The van der Waals surface area contributed by atoms with E-state index in [2.05, 4.69) is 35.1 Å². The molecule has 1 aromatic heterocycles. The van der Waals surface area contributed by atoms with Crippen LogP contribution in [0.3, 0.4) is 0 Å². The zero-order valence-corrected chi connectivity index (χ0v) is 22.8. The number of rotatable bonds is 8. The number of H-pyrrole nitrogens is 1. The number of aromatic nitrogens is 3. The van der Waals surface area contributed by atoms with Crippen molar-refractivity contribution in [1.82, 2.24) is 20.1 Å². The number of aryl methyl sites for hydroxylation is 2. The minimum absolute atomic E-state index is 0.0535. The van der Waals surface area contributed by atoms with Gasteiger partial charge in [0.1, 0.15) is 0 Å². The van der Waals surface area contributed by atoms with E-state index >= 15 is 0 Å². The molecule has 204 valence electrons. The predicted octanol–water partition coefficient (Wildman–Crippen LogP) is 4.11. The number of benzene rings is 2. The maximum absolute atomic E-state index is 13.6. The summed E-state index contributed by atoms with van der Waals surface area (Å²) >= 11 is 0. The summed E-state index contributed by atoms with van der Waals surface area (Å²) in [7, 11) is 0. The minimum Gasteiger partial charge on any atom is -0.463 e. The smallest absolute Gasteiger partial charge is 0.335 e. The summed E-state index contributed by atoms with van der Waals surface area (Å²) in [5.74, 6) is 0.602. The van der Waals surface area contributed by atoms with Gasteiger partial charge in [0.25, 0.3) is 5.91 Å². The zero-order valence-electron chi connectivity index (χ0n) is 22.8. The highest BCUT2D eigenvalue weighted by Crippen LogP contribution is 2.31. The minimum atomic E-state index is -0.420. The van der Waals surface area contributed by atoms with Crippen LogP contribution >= 0.6 is 0 Å². The lowest BCUT2D eigenvalue weighted by atomic mass is 9.88. The fraction of sp³-hybridized carbons (Fsp3) is 0.448. The number of likely N-dealkylation sites (tertiary alicyclic amines) is 1. The van der Waals surface area contributed by atoms with Crippen molar-refractivity contribution in [3.05, 3.63) is 64.2 Å². The Morgan fingerprint density at radius 1 is 1.05 bits per heavy atom. The molecule has 2 amide bonds. The van der Waals surface area contributed by atoms with Crippen LogP contribution < -0.4 is 10.5 Å². The van der Waals surface area contributed by atoms with Crippen LogP contribution in [0.1, 0.15) is 83.9 Å². The first kappa shape index (κ1) is 28.8. The highest BCUT2D eigenvalue weighted by molar-refractivity contribution is 5.97. The molecular formula is C29H39N5O4. The second kappa shape index (κ2) is 13.7. The summed E-state index contributed by atoms with van der Waals surface area (Å²) in [6, 6.07) is 11.9. The van der Waals surface area contributed by atoms with Gasteiger partial charge in [-0.1, -0.05) is 32.0 Å². The Labute approximate surface area is 224 Å². The summed E-state index contributed by atoms with van der Waals surface area (Å²) in [6.07, 6.45) is 3.35. The molecule has 4 rings (SSSR count). The summed E-state index contributed by atoms with van der Waals surface area (Å²) in [6.45, 7) is 9.86.